The molecule has 6 rings (SSSR count). The summed E-state index contributed by atoms with van der Waals surface area (Å²) in [4.78, 5) is 22.7. The second-order valence-corrected chi connectivity index (χ2v) is 14.7. The average Bonchev–Trinajstić information content (AvgIpc) is 3.70. The summed E-state index contributed by atoms with van der Waals surface area (Å²) < 4.78 is 57.3. The maximum atomic E-state index is 14.1. The Morgan fingerprint density at radius 3 is 2.26 bits per heavy atom. The van der Waals surface area contributed by atoms with E-state index in [1.54, 1.807) is 22.9 Å². The number of nitrogens with one attached hydrogen (secondary N) is 2. The maximum Gasteiger partial charge on any atom is 0.258 e. The molecule has 1 aromatic carbocycles. The third-order valence-electron chi connectivity index (χ3n) is 9.69. The number of carbonyl (C=O) groups excluding carboxylic acids is 1. The van der Waals surface area contributed by atoms with Crippen LogP contribution in [0.15, 0.2) is 30.3 Å². The second kappa shape index (κ2) is 12.1. The third kappa shape index (κ3) is 6.68. The molecule has 1 amide bonds. The first-order chi connectivity index (χ1) is 21.8. The quantitative estimate of drug-likeness (QED) is 0.302. The molecule has 0 radical (unpaired) electrons. The average molecular weight is 658 g/mol. The summed E-state index contributed by atoms with van der Waals surface area (Å²) in [6.45, 7) is 5.06. The fourth-order valence-corrected chi connectivity index (χ4v) is 7.47. The van der Waals surface area contributed by atoms with Gasteiger partial charge in [-0.2, -0.15) is 5.10 Å². The zero-order chi connectivity index (χ0) is 32.9. The molecule has 14 heteroatoms. The van der Waals surface area contributed by atoms with Gasteiger partial charge in [0.2, 0.25) is 10.0 Å². The van der Waals surface area contributed by atoms with Crippen LogP contribution in [-0.4, -0.2) is 78.7 Å². The van der Waals surface area contributed by atoms with Gasteiger partial charge in [-0.1, -0.05) is 0 Å². The summed E-state index contributed by atoms with van der Waals surface area (Å²) in [5.74, 6) is -2.81. The molecule has 0 bridgehead atoms. The molecule has 3 aliphatic rings. The van der Waals surface area contributed by atoms with Crippen molar-refractivity contribution >= 4 is 38.9 Å². The van der Waals surface area contributed by atoms with Gasteiger partial charge in [0.15, 0.2) is 0 Å². The highest BCUT2D eigenvalue weighted by Gasteiger charge is 2.44. The van der Waals surface area contributed by atoms with E-state index < -0.39 is 34.2 Å². The van der Waals surface area contributed by atoms with Crippen LogP contribution in [-0.2, 0) is 17.1 Å². The largest absolute Gasteiger partial charge is 0.395 e. The molecule has 1 aliphatic carbocycles. The molecule has 1 spiro atoms. The van der Waals surface area contributed by atoms with E-state index >= 15 is 0 Å². The number of pyridine rings is 1. The van der Waals surface area contributed by atoms with Crippen LogP contribution in [0.1, 0.15) is 60.3 Å². The van der Waals surface area contributed by atoms with Gasteiger partial charge in [0.1, 0.15) is 11.6 Å². The fourth-order valence-electron chi connectivity index (χ4n) is 6.65. The normalized spacial score (nSPS) is 18.9. The minimum Gasteiger partial charge on any atom is -0.395 e. The number of piperidine rings is 2. The summed E-state index contributed by atoms with van der Waals surface area (Å²) in [6, 6.07) is 8.34. The Balaban J connectivity index is 1.32. The van der Waals surface area contributed by atoms with E-state index in [1.807, 2.05) is 31.9 Å². The summed E-state index contributed by atoms with van der Waals surface area (Å²) in [5.41, 5.74) is 5.00. The number of aliphatic hydroxyl groups excluding tert-OH is 1. The number of nitrogens with zero attached hydrogens (tertiary/aromatic N) is 5. The highest BCUT2D eigenvalue weighted by atomic mass is 32.2. The van der Waals surface area contributed by atoms with E-state index in [0.717, 1.165) is 48.4 Å². The standard InChI is InChI=1S/C32H41F2N7O4S/c1-21-28(22(2)39(3)37-21)25-6-7-27(35-29(25)41-16-12-32(33,34)13-17-41)36-30(43)24-5-4-23(38-46(44,45)19-18-42)20-26(24)40-14-10-31(8-9-31)11-15-40/h4-7,20,38,42H,8-19H2,1-3H3,(H,35,36,43). The van der Waals surface area contributed by atoms with Gasteiger partial charge in [-0.25, -0.2) is 22.2 Å². The number of aryl methyl sites for hydroxylation is 2. The molecular weight excluding hydrogens is 616 g/mol. The Morgan fingerprint density at radius 1 is 0.978 bits per heavy atom. The number of aromatic nitrogens is 3. The summed E-state index contributed by atoms with van der Waals surface area (Å²) in [6.07, 6.45) is 3.86. The van der Waals surface area contributed by atoms with Crippen LogP contribution < -0.4 is 19.8 Å². The molecular formula is C32H41F2N7O4S. The molecule has 2 aliphatic heterocycles. The van der Waals surface area contributed by atoms with Crippen molar-refractivity contribution in [2.24, 2.45) is 12.5 Å². The van der Waals surface area contributed by atoms with Crippen molar-refractivity contribution in [3.05, 3.63) is 47.3 Å². The minimum atomic E-state index is -3.76. The molecule has 2 aromatic heterocycles. The summed E-state index contributed by atoms with van der Waals surface area (Å²) in [5, 5.41) is 16.6. The Kier molecular flexibility index (Phi) is 8.47. The van der Waals surface area contributed by atoms with Gasteiger partial charge in [-0.3, -0.25) is 14.2 Å². The number of amides is 1. The molecule has 3 fully saturated rings. The van der Waals surface area contributed by atoms with Crippen molar-refractivity contribution in [1.82, 2.24) is 14.8 Å². The molecule has 11 nitrogen and oxygen atoms in total. The second-order valence-electron chi connectivity index (χ2n) is 12.9. The molecule has 0 atom stereocenters. The van der Waals surface area contributed by atoms with Crippen molar-refractivity contribution in [3.8, 4) is 11.1 Å². The number of benzene rings is 1. The molecule has 2 saturated heterocycles. The number of hydrogen-bond donors (Lipinski definition) is 3. The van der Waals surface area contributed by atoms with Crippen molar-refractivity contribution in [2.75, 3.05) is 58.4 Å². The van der Waals surface area contributed by atoms with Crippen molar-refractivity contribution in [3.63, 3.8) is 0 Å². The number of hydrogen-bond acceptors (Lipinski definition) is 8. The first-order valence-electron chi connectivity index (χ1n) is 15.7. The first kappa shape index (κ1) is 32.2. The fraction of sp³-hybridized carbons (Fsp3) is 0.531. The first-order valence-corrected chi connectivity index (χ1v) is 17.4. The van der Waals surface area contributed by atoms with Gasteiger partial charge in [0, 0.05) is 62.9 Å². The number of carbonyl (C=O) groups is 1. The van der Waals surface area contributed by atoms with Gasteiger partial charge < -0.3 is 20.2 Å². The van der Waals surface area contributed by atoms with Crippen molar-refractivity contribution in [2.45, 2.75) is 58.3 Å². The zero-order valence-electron chi connectivity index (χ0n) is 26.4. The Bertz CT molecular complexity index is 1740. The molecule has 46 heavy (non-hydrogen) atoms. The van der Waals surface area contributed by atoms with E-state index in [9.17, 15) is 22.0 Å². The Hall–Kier alpha value is -3.78. The van der Waals surface area contributed by atoms with E-state index in [-0.39, 0.29) is 31.7 Å². The van der Waals surface area contributed by atoms with Gasteiger partial charge in [0.25, 0.3) is 11.8 Å². The predicted molar refractivity (Wildman–Crippen MR) is 174 cm³/mol. The molecule has 3 N–H and O–H groups in total. The molecule has 248 valence electrons. The molecule has 1 saturated carbocycles. The SMILES string of the molecule is Cc1nn(C)c(C)c1-c1ccc(NC(=O)c2ccc(NS(=O)(=O)CCO)cc2N2CCC3(CC2)CC3)nc1N1CCC(F)(F)CC1. The number of alkyl halides is 2. The van der Waals surface area contributed by atoms with Gasteiger partial charge in [0.05, 0.1) is 35.0 Å². The lowest BCUT2D eigenvalue weighted by Gasteiger charge is -2.35. The van der Waals surface area contributed by atoms with Crippen LogP contribution in [0.5, 0.6) is 0 Å². The maximum absolute atomic E-state index is 14.1. The van der Waals surface area contributed by atoms with Crippen LogP contribution in [0.2, 0.25) is 0 Å². The van der Waals surface area contributed by atoms with Crippen LogP contribution in [0.3, 0.4) is 0 Å². The van der Waals surface area contributed by atoms with Crippen LogP contribution in [0, 0.1) is 19.3 Å². The Morgan fingerprint density at radius 2 is 1.65 bits per heavy atom. The van der Waals surface area contributed by atoms with E-state index in [0.29, 0.717) is 28.2 Å². The summed E-state index contributed by atoms with van der Waals surface area (Å²) >= 11 is 0. The number of aliphatic hydroxyl groups is 1. The lowest BCUT2D eigenvalue weighted by molar-refractivity contribution is -0.0221. The minimum absolute atomic E-state index is 0.122. The van der Waals surface area contributed by atoms with E-state index in [2.05, 4.69) is 20.0 Å². The molecule has 3 aromatic rings. The molecule has 4 heterocycles. The van der Waals surface area contributed by atoms with Gasteiger partial charge in [-0.05, 0) is 75.3 Å². The Labute approximate surface area is 268 Å². The lowest BCUT2D eigenvalue weighted by atomic mass is 9.93. The van der Waals surface area contributed by atoms with Crippen molar-refractivity contribution < 1.29 is 27.1 Å². The van der Waals surface area contributed by atoms with Gasteiger partial charge >= 0.3 is 0 Å². The predicted octanol–water partition coefficient (Wildman–Crippen LogP) is 4.70. The van der Waals surface area contributed by atoms with Crippen LogP contribution >= 0.6 is 0 Å². The lowest BCUT2D eigenvalue weighted by Crippen LogP contribution is -2.40. The highest BCUT2D eigenvalue weighted by Crippen LogP contribution is 2.54. The van der Waals surface area contributed by atoms with Crippen LogP contribution in [0.25, 0.3) is 11.1 Å². The zero-order valence-corrected chi connectivity index (χ0v) is 27.3. The van der Waals surface area contributed by atoms with E-state index in [4.69, 9.17) is 10.1 Å². The number of sulfonamides is 1. The van der Waals surface area contributed by atoms with E-state index in [1.165, 1.54) is 18.9 Å². The van der Waals surface area contributed by atoms with Crippen molar-refractivity contribution in [1.29, 1.82) is 0 Å². The smallest absolute Gasteiger partial charge is 0.258 e. The third-order valence-corrected chi connectivity index (χ3v) is 11.0. The monoisotopic (exact) mass is 657 g/mol. The number of anilines is 4. The van der Waals surface area contributed by atoms with Gasteiger partial charge in [-0.15, -0.1) is 0 Å². The number of rotatable bonds is 9. The summed E-state index contributed by atoms with van der Waals surface area (Å²) in [7, 11) is -1.91. The highest BCUT2D eigenvalue weighted by molar-refractivity contribution is 7.92. The number of halogens is 2. The topological polar surface area (TPSA) is 133 Å². The molecule has 0 unspecified atom stereocenters. The van der Waals surface area contributed by atoms with Crippen LogP contribution in [0.4, 0.5) is 31.8 Å².